The second kappa shape index (κ2) is 8.11. The van der Waals surface area contributed by atoms with Crippen LogP contribution in [-0.2, 0) is 4.79 Å². The summed E-state index contributed by atoms with van der Waals surface area (Å²) in [6.45, 7) is 7.79. The Bertz CT molecular complexity index is 1270. The van der Waals surface area contributed by atoms with Crippen LogP contribution in [0, 0.1) is 6.92 Å². The van der Waals surface area contributed by atoms with Crippen LogP contribution < -0.4 is 10.6 Å². The standard InChI is InChI=1S/C26H27N3O3/c1-16-14-26(3,4)28-23(30)20(16)15-27-24(31)22-17(2)29(21-13-9-8-12-19(21)22)25(32)18-10-6-5-7-11-18/h5-13H,14-15H2,1-4H3,(H,27,31)(H,28,30). The van der Waals surface area contributed by atoms with Crippen LogP contribution in [0.15, 0.2) is 65.7 Å². The molecule has 0 unspecified atom stereocenters. The Kier molecular flexibility index (Phi) is 5.46. The zero-order valence-corrected chi connectivity index (χ0v) is 18.8. The summed E-state index contributed by atoms with van der Waals surface area (Å²) in [6.07, 6.45) is 0.730. The number of nitrogens with one attached hydrogen (secondary N) is 2. The Morgan fingerprint density at radius 1 is 1.03 bits per heavy atom. The SMILES string of the molecule is CC1=C(CNC(=O)c2c(C)n(C(=O)c3ccccc3)c3ccccc23)C(=O)NC(C)(C)C1. The molecule has 0 fully saturated rings. The minimum Gasteiger partial charge on any atom is -0.348 e. The van der Waals surface area contributed by atoms with Gasteiger partial charge in [0.05, 0.1) is 11.1 Å². The van der Waals surface area contributed by atoms with E-state index in [4.69, 9.17) is 0 Å². The van der Waals surface area contributed by atoms with Crippen molar-refractivity contribution in [3.8, 4) is 0 Å². The Balaban J connectivity index is 1.68. The lowest BCUT2D eigenvalue weighted by Crippen LogP contribution is -2.49. The average Bonchev–Trinajstić information content (AvgIpc) is 3.04. The fourth-order valence-corrected chi connectivity index (χ4v) is 4.50. The third-order valence-electron chi connectivity index (χ3n) is 5.94. The molecule has 2 heterocycles. The molecule has 0 saturated carbocycles. The van der Waals surface area contributed by atoms with Crippen molar-refractivity contribution in [2.24, 2.45) is 0 Å². The van der Waals surface area contributed by atoms with Gasteiger partial charge in [-0.25, -0.2) is 0 Å². The summed E-state index contributed by atoms with van der Waals surface area (Å²) in [5.74, 6) is -0.653. The highest BCUT2D eigenvalue weighted by molar-refractivity contribution is 6.13. The van der Waals surface area contributed by atoms with Crippen molar-refractivity contribution in [3.63, 3.8) is 0 Å². The molecule has 0 radical (unpaired) electrons. The van der Waals surface area contributed by atoms with Gasteiger partial charge in [0.25, 0.3) is 11.8 Å². The molecule has 32 heavy (non-hydrogen) atoms. The fraction of sp³-hybridized carbons (Fsp3) is 0.269. The lowest BCUT2D eigenvalue weighted by atomic mass is 9.88. The number of para-hydroxylation sites is 1. The number of amides is 2. The monoisotopic (exact) mass is 429 g/mol. The van der Waals surface area contributed by atoms with Gasteiger partial charge in [-0.15, -0.1) is 0 Å². The van der Waals surface area contributed by atoms with E-state index in [2.05, 4.69) is 10.6 Å². The molecule has 4 rings (SSSR count). The number of hydrogen-bond acceptors (Lipinski definition) is 3. The van der Waals surface area contributed by atoms with Gasteiger partial charge in [-0.1, -0.05) is 42.0 Å². The topological polar surface area (TPSA) is 80.2 Å². The van der Waals surface area contributed by atoms with Crippen molar-refractivity contribution in [1.29, 1.82) is 0 Å². The van der Waals surface area contributed by atoms with Gasteiger partial charge < -0.3 is 10.6 Å². The quantitative estimate of drug-likeness (QED) is 0.658. The number of carbonyl (C=O) groups is 3. The molecule has 2 N–H and O–H groups in total. The summed E-state index contributed by atoms with van der Waals surface area (Å²) >= 11 is 0. The molecule has 0 atom stereocenters. The molecular weight excluding hydrogens is 402 g/mol. The number of hydrogen-bond donors (Lipinski definition) is 2. The van der Waals surface area contributed by atoms with E-state index in [0.29, 0.717) is 33.3 Å². The Morgan fingerprint density at radius 2 is 1.69 bits per heavy atom. The van der Waals surface area contributed by atoms with Crippen molar-refractivity contribution in [1.82, 2.24) is 15.2 Å². The molecule has 6 heteroatoms. The minimum absolute atomic E-state index is 0.137. The molecule has 0 aliphatic carbocycles. The van der Waals surface area contributed by atoms with E-state index in [1.165, 1.54) is 0 Å². The van der Waals surface area contributed by atoms with Crippen LogP contribution in [0.1, 0.15) is 53.6 Å². The first-order chi connectivity index (χ1) is 15.2. The van der Waals surface area contributed by atoms with Gasteiger partial charge in [-0.3, -0.25) is 19.0 Å². The van der Waals surface area contributed by atoms with Gasteiger partial charge in [0.15, 0.2) is 0 Å². The summed E-state index contributed by atoms with van der Waals surface area (Å²) in [5.41, 5.74) is 3.49. The first-order valence-electron chi connectivity index (χ1n) is 10.7. The van der Waals surface area contributed by atoms with Crippen LogP contribution in [0.25, 0.3) is 10.9 Å². The highest BCUT2D eigenvalue weighted by Gasteiger charge is 2.30. The largest absolute Gasteiger partial charge is 0.348 e. The molecule has 0 saturated heterocycles. The van der Waals surface area contributed by atoms with Gasteiger partial charge in [-0.05, 0) is 52.3 Å². The number of nitrogens with zero attached hydrogens (tertiary/aromatic N) is 1. The molecule has 3 aromatic rings. The van der Waals surface area contributed by atoms with Crippen molar-refractivity contribution in [2.45, 2.75) is 39.7 Å². The minimum atomic E-state index is -0.309. The molecule has 0 spiro atoms. The van der Waals surface area contributed by atoms with Gasteiger partial charge in [0.2, 0.25) is 5.91 Å². The van der Waals surface area contributed by atoms with E-state index in [1.807, 2.05) is 63.2 Å². The molecule has 2 aromatic carbocycles. The van der Waals surface area contributed by atoms with Crippen LogP contribution in [0.4, 0.5) is 0 Å². The van der Waals surface area contributed by atoms with Crippen LogP contribution in [0.5, 0.6) is 0 Å². The van der Waals surface area contributed by atoms with Crippen LogP contribution in [0.2, 0.25) is 0 Å². The molecule has 1 aliphatic heterocycles. The van der Waals surface area contributed by atoms with E-state index in [0.717, 1.165) is 12.0 Å². The summed E-state index contributed by atoms with van der Waals surface area (Å²) in [4.78, 5) is 39.0. The summed E-state index contributed by atoms with van der Waals surface area (Å²) < 4.78 is 1.58. The first kappa shape index (κ1) is 21.6. The molecule has 164 valence electrons. The van der Waals surface area contributed by atoms with Gasteiger partial charge in [0, 0.05) is 34.3 Å². The predicted octanol–water partition coefficient (Wildman–Crippen LogP) is 3.98. The Hall–Kier alpha value is -3.67. The summed E-state index contributed by atoms with van der Waals surface area (Å²) in [6, 6.07) is 16.4. The molecular formula is C26H27N3O3. The molecule has 0 bridgehead atoms. The van der Waals surface area contributed by atoms with E-state index >= 15 is 0 Å². The van der Waals surface area contributed by atoms with Gasteiger partial charge in [-0.2, -0.15) is 0 Å². The first-order valence-corrected chi connectivity index (χ1v) is 10.7. The van der Waals surface area contributed by atoms with Crippen LogP contribution in [0.3, 0.4) is 0 Å². The maximum Gasteiger partial charge on any atom is 0.262 e. The van der Waals surface area contributed by atoms with E-state index in [1.54, 1.807) is 23.6 Å². The molecule has 1 aromatic heterocycles. The molecule has 1 aliphatic rings. The number of aromatic nitrogens is 1. The van der Waals surface area contributed by atoms with Gasteiger partial charge >= 0.3 is 0 Å². The Morgan fingerprint density at radius 3 is 2.38 bits per heavy atom. The fourth-order valence-electron chi connectivity index (χ4n) is 4.50. The van der Waals surface area contributed by atoms with E-state index in [9.17, 15) is 14.4 Å². The molecule has 6 nitrogen and oxygen atoms in total. The number of fused-ring (bicyclic) bond motifs is 1. The zero-order chi connectivity index (χ0) is 23.0. The number of carbonyl (C=O) groups excluding carboxylic acids is 3. The zero-order valence-electron chi connectivity index (χ0n) is 18.8. The van der Waals surface area contributed by atoms with Crippen molar-refractivity contribution in [3.05, 3.63) is 82.6 Å². The van der Waals surface area contributed by atoms with E-state index in [-0.39, 0.29) is 29.8 Å². The normalized spacial score (nSPS) is 15.6. The maximum atomic E-state index is 13.2. The lowest BCUT2D eigenvalue weighted by Gasteiger charge is -2.33. The van der Waals surface area contributed by atoms with Crippen molar-refractivity contribution in [2.75, 3.05) is 6.54 Å². The third kappa shape index (κ3) is 3.84. The summed E-state index contributed by atoms with van der Waals surface area (Å²) in [5, 5.41) is 6.58. The van der Waals surface area contributed by atoms with Crippen LogP contribution >= 0.6 is 0 Å². The van der Waals surface area contributed by atoms with Gasteiger partial charge in [0.1, 0.15) is 0 Å². The average molecular weight is 430 g/mol. The Labute approximate surface area is 187 Å². The van der Waals surface area contributed by atoms with E-state index < -0.39 is 0 Å². The second-order valence-corrected chi connectivity index (χ2v) is 8.94. The third-order valence-corrected chi connectivity index (χ3v) is 5.94. The highest BCUT2D eigenvalue weighted by Crippen LogP contribution is 2.28. The highest BCUT2D eigenvalue weighted by atomic mass is 16.2. The van der Waals surface area contributed by atoms with Crippen molar-refractivity contribution < 1.29 is 14.4 Å². The maximum absolute atomic E-state index is 13.2. The number of rotatable bonds is 4. The smallest absolute Gasteiger partial charge is 0.262 e. The van der Waals surface area contributed by atoms with Crippen LogP contribution in [-0.4, -0.2) is 34.4 Å². The molecule has 2 amide bonds. The number of benzene rings is 2. The predicted molar refractivity (Wildman–Crippen MR) is 125 cm³/mol. The second-order valence-electron chi connectivity index (χ2n) is 8.94. The van der Waals surface area contributed by atoms with Crippen molar-refractivity contribution >= 4 is 28.6 Å². The lowest BCUT2D eigenvalue weighted by molar-refractivity contribution is -0.119. The summed E-state index contributed by atoms with van der Waals surface area (Å²) in [7, 11) is 0.